The number of rotatable bonds is 13. The number of carbonyl (C=O) groups excluding carboxylic acids is 2. The SMILES string of the molecule is CCCCCC=CCCC(=O)N[C@@H](C)C(=O)N[C@@H](Cc1ccccc1)C(=O)O. The summed E-state index contributed by atoms with van der Waals surface area (Å²) < 4.78 is 0. The van der Waals surface area contributed by atoms with Crippen molar-refractivity contribution < 1.29 is 19.5 Å². The van der Waals surface area contributed by atoms with Crippen LogP contribution in [-0.4, -0.2) is 35.0 Å². The molecule has 0 aromatic heterocycles. The van der Waals surface area contributed by atoms with E-state index in [0.717, 1.165) is 18.4 Å². The van der Waals surface area contributed by atoms with E-state index in [4.69, 9.17) is 0 Å². The molecule has 0 aliphatic carbocycles. The zero-order chi connectivity index (χ0) is 20.8. The standard InChI is InChI=1S/C22H32N2O4/c1-3-4-5-6-7-8-12-15-20(25)23-17(2)21(26)24-19(22(27)28)16-18-13-10-9-11-14-18/h7-11,13-14,17,19H,3-6,12,15-16H2,1-2H3,(H,23,25)(H,24,26)(H,27,28)/t17-,19-/m0/s1. The summed E-state index contributed by atoms with van der Waals surface area (Å²) in [5, 5.41) is 14.5. The highest BCUT2D eigenvalue weighted by Crippen LogP contribution is 2.04. The van der Waals surface area contributed by atoms with Crippen molar-refractivity contribution in [2.24, 2.45) is 0 Å². The molecule has 1 rings (SSSR count). The van der Waals surface area contributed by atoms with Gasteiger partial charge in [0.1, 0.15) is 12.1 Å². The maximum atomic E-state index is 12.3. The van der Waals surface area contributed by atoms with Gasteiger partial charge < -0.3 is 15.7 Å². The van der Waals surface area contributed by atoms with Crippen molar-refractivity contribution in [2.75, 3.05) is 0 Å². The zero-order valence-electron chi connectivity index (χ0n) is 16.8. The molecule has 154 valence electrons. The second-order valence-electron chi connectivity index (χ2n) is 6.88. The van der Waals surface area contributed by atoms with Crippen molar-refractivity contribution in [1.82, 2.24) is 10.6 Å². The highest BCUT2D eigenvalue weighted by atomic mass is 16.4. The Bertz CT molecular complexity index is 643. The van der Waals surface area contributed by atoms with Gasteiger partial charge in [-0.15, -0.1) is 0 Å². The van der Waals surface area contributed by atoms with E-state index >= 15 is 0 Å². The molecule has 0 unspecified atom stereocenters. The van der Waals surface area contributed by atoms with E-state index < -0.39 is 24.0 Å². The Morgan fingerprint density at radius 1 is 1.04 bits per heavy atom. The van der Waals surface area contributed by atoms with Gasteiger partial charge >= 0.3 is 5.97 Å². The quantitative estimate of drug-likeness (QED) is 0.357. The van der Waals surface area contributed by atoms with Crippen LogP contribution in [0.4, 0.5) is 0 Å². The largest absolute Gasteiger partial charge is 0.480 e. The first-order valence-electron chi connectivity index (χ1n) is 9.95. The van der Waals surface area contributed by atoms with Gasteiger partial charge in [-0.1, -0.05) is 62.2 Å². The van der Waals surface area contributed by atoms with Crippen LogP contribution in [0.3, 0.4) is 0 Å². The van der Waals surface area contributed by atoms with Gasteiger partial charge in [-0.2, -0.15) is 0 Å². The first-order chi connectivity index (χ1) is 13.4. The lowest BCUT2D eigenvalue weighted by atomic mass is 10.1. The van der Waals surface area contributed by atoms with Crippen LogP contribution < -0.4 is 10.6 Å². The second-order valence-corrected chi connectivity index (χ2v) is 6.88. The third-order valence-corrected chi connectivity index (χ3v) is 4.35. The summed E-state index contributed by atoms with van der Waals surface area (Å²) in [6, 6.07) is 7.26. The molecular weight excluding hydrogens is 356 g/mol. The summed E-state index contributed by atoms with van der Waals surface area (Å²) in [4.78, 5) is 35.7. The molecule has 0 radical (unpaired) electrons. The third kappa shape index (κ3) is 9.90. The van der Waals surface area contributed by atoms with Gasteiger partial charge in [-0.3, -0.25) is 9.59 Å². The van der Waals surface area contributed by atoms with Crippen molar-refractivity contribution in [3.05, 3.63) is 48.0 Å². The Hall–Kier alpha value is -2.63. The van der Waals surface area contributed by atoms with E-state index in [-0.39, 0.29) is 12.3 Å². The molecule has 2 atom stereocenters. The van der Waals surface area contributed by atoms with Gasteiger partial charge in [0, 0.05) is 12.8 Å². The number of aliphatic carboxylic acids is 1. The third-order valence-electron chi connectivity index (χ3n) is 4.35. The Kier molecular flexibility index (Phi) is 11.3. The van der Waals surface area contributed by atoms with Crippen molar-refractivity contribution in [2.45, 2.75) is 70.9 Å². The number of hydrogen-bond donors (Lipinski definition) is 3. The maximum absolute atomic E-state index is 12.3. The Morgan fingerprint density at radius 2 is 1.71 bits per heavy atom. The molecule has 28 heavy (non-hydrogen) atoms. The van der Waals surface area contributed by atoms with Crippen LogP contribution in [0.5, 0.6) is 0 Å². The number of benzene rings is 1. The van der Waals surface area contributed by atoms with Crippen molar-refractivity contribution in [1.29, 1.82) is 0 Å². The molecule has 1 aromatic rings. The molecule has 0 saturated heterocycles. The number of carboxylic acid groups (broad SMARTS) is 1. The monoisotopic (exact) mass is 388 g/mol. The minimum Gasteiger partial charge on any atom is -0.480 e. The average Bonchev–Trinajstić information content (AvgIpc) is 2.67. The van der Waals surface area contributed by atoms with Crippen LogP contribution in [0.2, 0.25) is 0 Å². The predicted octanol–water partition coefficient (Wildman–Crippen LogP) is 3.22. The fourth-order valence-corrected chi connectivity index (χ4v) is 2.69. The predicted molar refractivity (Wildman–Crippen MR) is 110 cm³/mol. The molecule has 6 nitrogen and oxygen atoms in total. The number of nitrogens with one attached hydrogen (secondary N) is 2. The van der Waals surface area contributed by atoms with Gasteiger partial charge in [-0.05, 0) is 31.7 Å². The molecule has 0 bridgehead atoms. The van der Waals surface area contributed by atoms with E-state index in [0.29, 0.717) is 12.8 Å². The summed E-state index contributed by atoms with van der Waals surface area (Å²) in [5.74, 6) is -1.84. The molecule has 0 aliphatic heterocycles. The zero-order valence-corrected chi connectivity index (χ0v) is 16.8. The number of allylic oxidation sites excluding steroid dienone is 2. The molecule has 0 heterocycles. The molecule has 1 aromatic carbocycles. The summed E-state index contributed by atoms with van der Waals surface area (Å²) in [6.45, 7) is 3.71. The van der Waals surface area contributed by atoms with Crippen molar-refractivity contribution in [3.8, 4) is 0 Å². The molecule has 0 fully saturated rings. The van der Waals surface area contributed by atoms with E-state index in [1.807, 2.05) is 36.4 Å². The number of hydrogen-bond acceptors (Lipinski definition) is 3. The molecular formula is C22H32N2O4. The maximum Gasteiger partial charge on any atom is 0.326 e. The molecule has 6 heteroatoms. The molecule has 0 saturated carbocycles. The normalized spacial score (nSPS) is 13.1. The van der Waals surface area contributed by atoms with Crippen LogP contribution >= 0.6 is 0 Å². The summed E-state index contributed by atoms with van der Waals surface area (Å²) >= 11 is 0. The topological polar surface area (TPSA) is 95.5 Å². The fraction of sp³-hybridized carbons (Fsp3) is 0.500. The van der Waals surface area contributed by atoms with Crippen LogP contribution in [0.25, 0.3) is 0 Å². The Labute approximate surface area is 167 Å². The van der Waals surface area contributed by atoms with Crippen LogP contribution in [0.1, 0.15) is 57.9 Å². The summed E-state index contributed by atoms with van der Waals surface area (Å²) in [6.07, 6.45) is 9.75. The van der Waals surface area contributed by atoms with Gasteiger partial charge in [-0.25, -0.2) is 4.79 Å². The lowest BCUT2D eigenvalue weighted by Gasteiger charge is -2.19. The van der Waals surface area contributed by atoms with E-state index in [2.05, 4.69) is 23.6 Å². The van der Waals surface area contributed by atoms with Crippen LogP contribution in [0, 0.1) is 0 Å². The molecule has 0 aliphatic rings. The number of unbranched alkanes of at least 4 members (excludes halogenated alkanes) is 3. The first kappa shape index (κ1) is 23.4. The lowest BCUT2D eigenvalue weighted by Crippen LogP contribution is -2.51. The van der Waals surface area contributed by atoms with E-state index in [1.54, 1.807) is 6.92 Å². The highest BCUT2D eigenvalue weighted by molar-refractivity contribution is 5.90. The minimum absolute atomic E-state index is 0.186. The van der Waals surface area contributed by atoms with E-state index in [9.17, 15) is 19.5 Å². The smallest absolute Gasteiger partial charge is 0.326 e. The van der Waals surface area contributed by atoms with E-state index in [1.165, 1.54) is 12.8 Å². The molecule has 2 amide bonds. The van der Waals surface area contributed by atoms with Gasteiger partial charge in [0.25, 0.3) is 0 Å². The second kappa shape index (κ2) is 13.5. The van der Waals surface area contributed by atoms with Crippen molar-refractivity contribution in [3.63, 3.8) is 0 Å². The van der Waals surface area contributed by atoms with Crippen molar-refractivity contribution >= 4 is 17.8 Å². The van der Waals surface area contributed by atoms with Gasteiger partial charge in [0.05, 0.1) is 0 Å². The molecule has 3 N–H and O–H groups in total. The Morgan fingerprint density at radius 3 is 2.36 bits per heavy atom. The number of carbonyl (C=O) groups is 3. The fourth-order valence-electron chi connectivity index (χ4n) is 2.69. The molecule has 0 spiro atoms. The van der Waals surface area contributed by atoms with Crippen LogP contribution in [-0.2, 0) is 20.8 Å². The number of carboxylic acids is 1. The summed E-state index contributed by atoms with van der Waals surface area (Å²) in [7, 11) is 0. The minimum atomic E-state index is -1.11. The average molecular weight is 389 g/mol. The summed E-state index contributed by atoms with van der Waals surface area (Å²) in [5.41, 5.74) is 0.817. The highest BCUT2D eigenvalue weighted by Gasteiger charge is 2.24. The Balaban J connectivity index is 2.39. The van der Waals surface area contributed by atoms with Gasteiger partial charge in [0.15, 0.2) is 0 Å². The number of amides is 2. The van der Waals surface area contributed by atoms with Crippen LogP contribution in [0.15, 0.2) is 42.5 Å². The van der Waals surface area contributed by atoms with Gasteiger partial charge in [0.2, 0.25) is 11.8 Å². The lowest BCUT2D eigenvalue weighted by molar-refractivity contribution is -0.142. The first-order valence-corrected chi connectivity index (χ1v) is 9.95.